The van der Waals surface area contributed by atoms with E-state index in [1.165, 1.54) is 18.3 Å². The summed E-state index contributed by atoms with van der Waals surface area (Å²) in [6.07, 6.45) is 1.18. The van der Waals surface area contributed by atoms with Crippen LogP contribution in [0.1, 0.15) is 10.4 Å². The second-order valence-corrected chi connectivity index (χ2v) is 3.16. The van der Waals surface area contributed by atoms with Crippen LogP contribution in [0.5, 0.6) is 0 Å². The van der Waals surface area contributed by atoms with Crippen molar-refractivity contribution >= 4 is 11.7 Å². The van der Waals surface area contributed by atoms with Gasteiger partial charge >= 0.3 is 0 Å². The van der Waals surface area contributed by atoms with Crippen molar-refractivity contribution in [2.45, 2.75) is 5.92 Å². The summed E-state index contributed by atoms with van der Waals surface area (Å²) in [5.74, 6) is -3.66. The van der Waals surface area contributed by atoms with Gasteiger partial charge in [-0.05, 0) is 12.1 Å². The van der Waals surface area contributed by atoms with Crippen LogP contribution in [0.3, 0.4) is 0 Å². The molecule has 7 heteroatoms. The van der Waals surface area contributed by atoms with E-state index in [0.717, 1.165) is 0 Å². The smallest absolute Gasteiger partial charge is 0.287 e. The van der Waals surface area contributed by atoms with Crippen molar-refractivity contribution in [1.29, 1.82) is 0 Å². The highest BCUT2D eigenvalue weighted by atomic mass is 19.3. The van der Waals surface area contributed by atoms with Gasteiger partial charge in [-0.2, -0.15) is 0 Å². The van der Waals surface area contributed by atoms with E-state index in [1.807, 2.05) is 0 Å². The van der Waals surface area contributed by atoms with Gasteiger partial charge in [0.25, 0.3) is 5.92 Å². The average molecular weight is 231 g/mol. The number of pyridine rings is 1. The molecule has 0 radical (unpaired) electrons. The maximum atomic E-state index is 12.6. The second-order valence-electron chi connectivity index (χ2n) is 3.16. The third-order valence-corrected chi connectivity index (χ3v) is 1.81. The fourth-order valence-corrected chi connectivity index (χ4v) is 0.920. The number of alkyl halides is 2. The van der Waals surface area contributed by atoms with Gasteiger partial charge in [0.2, 0.25) is 5.91 Å². The van der Waals surface area contributed by atoms with Gasteiger partial charge in [-0.15, -0.1) is 0 Å². The number of nitrogens with one attached hydrogen (secondary N) is 1. The summed E-state index contributed by atoms with van der Waals surface area (Å²) in [5.41, 5.74) is 5.17. The molecule has 1 aromatic heterocycles. The zero-order valence-electron chi connectivity index (χ0n) is 8.28. The molecule has 0 saturated heterocycles. The first-order chi connectivity index (χ1) is 7.44. The Balaban J connectivity index is 2.59. The summed E-state index contributed by atoms with van der Waals surface area (Å²) < 4.78 is 25.3. The summed E-state index contributed by atoms with van der Waals surface area (Å²) in [4.78, 5) is 14.4. The second kappa shape index (κ2) is 4.84. The third kappa shape index (κ3) is 3.43. The molecule has 1 heterocycles. The number of nitrogens with two attached hydrogens (primary N) is 1. The number of aromatic nitrogens is 1. The number of hydrogen-bond acceptors (Lipinski definition) is 4. The first-order valence-corrected chi connectivity index (χ1v) is 4.43. The van der Waals surface area contributed by atoms with Crippen LogP contribution < -0.4 is 11.1 Å². The lowest BCUT2D eigenvalue weighted by atomic mass is 10.2. The molecule has 0 spiro atoms. The molecule has 88 valence electrons. The van der Waals surface area contributed by atoms with Gasteiger partial charge in [0.1, 0.15) is 12.4 Å². The van der Waals surface area contributed by atoms with Crippen LogP contribution in [0, 0.1) is 0 Å². The minimum Gasteiger partial charge on any atom is -0.390 e. The van der Waals surface area contributed by atoms with Gasteiger partial charge in [-0.25, -0.2) is 13.8 Å². The van der Waals surface area contributed by atoms with Crippen molar-refractivity contribution in [3.63, 3.8) is 0 Å². The van der Waals surface area contributed by atoms with Gasteiger partial charge in [0.15, 0.2) is 0 Å². The van der Waals surface area contributed by atoms with E-state index >= 15 is 0 Å². The predicted octanol–water partition coefficient (Wildman–Crippen LogP) is 0.220. The molecule has 1 amide bonds. The number of rotatable bonds is 5. The van der Waals surface area contributed by atoms with Gasteiger partial charge < -0.3 is 16.2 Å². The molecule has 0 bridgehead atoms. The van der Waals surface area contributed by atoms with Crippen LogP contribution in [0.25, 0.3) is 0 Å². The van der Waals surface area contributed by atoms with E-state index in [-0.39, 0.29) is 11.4 Å². The molecule has 1 aromatic rings. The van der Waals surface area contributed by atoms with Gasteiger partial charge in [-0.1, -0.05) is 0 Å². The van der Waals surface area contributed by atoms with Crippen molar-refractivity contribution in [2.24, 2.45) is 5.73 Å². The maximum Gasteiger partial charge on any atom is 0.287 e. The number of nitrogens with zero attached hydrogens (tertiary/aromatic N) is 1. The zero-order valence-corrected chi connectivity index (χ0v) is 8.28. The number of halogens is 2. The number of carbonyl (C=O) groups is 1. The lowest BCUT2D eigenvalue weighted by Crippen LogP contribution is -2.31. The third-order valence-electron chi connectivity index (χ3n) is 1.81. The van der Waals surface area contributed by atoms with Crippen molar-refractivity contribution in [1.82, 2.24) is 4.98 Å². The number of aliphatic hydroxyl groups is 1. The van der Waals surface area contributed by atoms with Crippen LogP contribution in [0.15, 0.2) is 18.3 Å². The molecule has 5 nitrogen and oxygen atoms in total. The fourth-order valence-electron chi connectivity index (χ4n) is 0.920. The van der Waals surface area contributed by atoms with Crippen molar-refractivity contribution in [3.8, 4) is 0 Å². The predicted molar refractivity (Wildman–Crippen MR) is 53.3 cm³/mol. The largest absolute Gasteiger partial charge is 0.390 e. The molecule has 0 unspecified atom stereocenters. The lowest BCUT2D eigenvalue weighted by molar-refractivity contribution is -0.0373. The van der Waals surface area contributed by atoms with E-state index in [2.05, 4.69) is 10.3 Å². The van der Waals surface area contributed by atoms with E-state index in [1.54, 1.807) is 0 Å². The van der Waals surface area contributed by atoms with Crippen LogP contribution in [0.4, 0.5) is 14.6 Å². The molecule has 0 atom stereocenters. The highest BCUT2D eigenvalue weighted by Gasteiger charge is 2.27. The summed E-state index contributed by atoms with van der Waals surface area (Å²) in [5, 5.41) is 10.6. The number of hydrogen-bond donors (Lipinski definition) is 3. The Bertz CT molecular complexity index is 368. The van der Waals surface area contributed by atoms with Crippen LogP contribution in [0.2, 0.25) is 0 Å². The van der Waals surface area contributed by atoms with Crippen molar-refractivity contribution < 1.29 is 18.7 Å². The Morgan fingerprint density at radius 3 is 2.69 bits per heavy atom. The summed E-state index contributed by atoms with van der Waals surface area (Å²) in [6, 6.07) is 2.72. The Hall–Kier alpha value is -1.76. The molecule has 0 aromatic carbocycles. The minimum absolute atomic E-state index is 0.179. The maximum absolute atomic E-state index is 12.6. The molecule has 1 rings (SSSR count). The van der Waals surface area contributed by atoms with E-state index < -0.39 is 25.0 Å². The number of carbonyl (C=O) groups excluding carboxylic acids is 1. The topological polar surface area (TPSA) is 88.2 Å². The molecule has 16 heavy (non-hydrogen) atoms. The first kappa shape index (κ1) is 12.3. The standard InChI is InChI=1S/C9H11F2N3O2/c10-9(11,5-15)4-14-7-2-1-6(3-13-7)8(12)16/h1-3,15H,4-5H2,(H2,12,16)(H,13,14). The number of primary amides is 1. The van der Waals surface area contributed by atoms with Crippen LogP contribution in [-0.2, 0) is 0 Å². The van der Waals surface area contributed by atoms with Crippen LogP contribution >= 0.6 is 0 Å². The van der Waals surface area contributed by atoms with Gasteiger partial charge in [0, 0.05) is 6.20 Å². The SMILES string of the molecule is NC(=O)c1ccc(NCC(F)(F)CO)nc1. The number of amides is 1. The van der Waals surface area contributed by atoms with Crippen LogP contribution in [-0.4, -0.2) is 35.1 Å². The molecule has 0 fully saturated rings. The lowest BCUT2D eigenvalue weighted by Gasteiger charge is -2.14. The molecule has 4 N–H and O–H groups in total. The molecular weight excluding hydrogens is 220 g/mol. The van der Waals surface area contributed by atoms with Crippen molar-refractivity contribution in [2.75, 3.05) is 18.5 Å². The zero-order chi connectivity index (χ0) is 12.2. The quantitative estimate of drug-likeness (QED) is 0.676. The average Bonchev–Trinajstić information content (AvgIpc) is 2.27. The molecule has 0 saturated carbocycles. The summed E-state index contributed by atoms with van der Waals surface area (Å²) >= 11 is 0. The van der Waals surface area contributed by atoms with Gasteiger partial charge in [0.05, 0.1) is 12.1 Å². The summed E-state index contributed by atoms with van der Waals surface area (Å²) in [6.45, 7) is -1.97. The van der Waals surface area contributed by atoms with E-state index in [4.69, 9.17) is 10.8 Å². The minimum atomic E-state index is -3.20. The number of aliphatic hydroxyl groups excluding tert-OH is 1. The Kier molecular flexibility index (Phi) is 3.73. The highest BCUT2D eigenvalue weighted by molar-refractivity contribution is 5.92. The molecule has 0 aliphatic heterocycles. The summed E-state index contributed by atoms with van der Waals surface area (Å²) in [7, 11) is 0. The fraction of sp³-hybridized carbons (Fsp3) is 0.333. The normalized spacial score (nSPS) is 11.2. The van der Waals surface area contributed by atoms with E-state index in [9.17, 15) is 13.6 Å². The monoisotopic (exact) mass is 231 g/mol. The number of anilines is 1. The molecular formula is C9H11F2N3O2. The Morgan fingerprint density at radius 1 is 1.56 bits per heavy atom. The molecule has 0 aliphatic carbocycles. The first-order valence-electron chi connectivity index (χ1n) is 4.43. The Labute approximate surface area is 90.3 Å². The van der Waals surface area contributed by atoms with E-state index in [0.29, 0.717) is 0 Å². The van der Waals surface area contributed by atoms with Crippen molar-refractivity contribution in [3.05, 3.63) is 23.9 Å². The Morgan fingerprint density at radius 2 is 2.25 bits per heavy atom. The highest BCUT2D eigenvalue weighted by Crippen LogP contribution is 2.13. The molecule has 0 aliphatic rings. The van der Waals surface area contributed by atoms with Gasteiger partial charge in [-0.3, -0.25) is 4.79 Å².